The quantitative estimate of drug-likeness (QED) is 0.410. The molecule has 2 unspecified atom stereocenters. The van der Waals surface area contributed by atoms with Crippen molar-refractivity contribution in [1.29, 1.82) is 0 Å². The van der Waals surface area contributed by atoms with E-state index in [2.05, 4.69) is 18.3 Å². The number of carbonyl (C=O) groups is 1. The average Bonchev–Trinajstić information content (AvgIpc) is 3.38. The van der Waals surface area contributed by atoms with Crippen LogP contribution in [0, 0.1) is 5.92 Å². The van der Waals surface area contributed by atoms with Crippen LogP contribution in [0.25, 0.3) is 20.8 Å². The molecule has 162 valence electrons. The van der Waals surface area contributed by atoms with Gasteiger partial charge in [-0.1, -0.05) is 31.2 Å². The van der Waals surface area contributed by atoms with Crippen molar-refractivity contribution in [3.63, 3.8) is 0 Å². The predicted molar refractivity (Wildman–Crippen MR) is 129 cm³/mol. The molecule has 0 bridgehead atoms. The molecule has 32 heavy (non-hydrogen) atoms. The molecule has 1 aliphatic carbocycles. The Bertz CT molecular complexity index is 1290. The molecular formula is C25H22N2O3S2. The van der Waals surface area contributed by atoms with Gasteiger partial charge in [0, 0.05) is 10.4 Å². The summed E-state index contributed by atoms with van der Waals surface area (Å²) in [7, 11) is 0. The van der Waals surface area contributed by atoms with Crippen molar-refractivity contribution in [2.24, 2.45) is 5.92 Å². The largest absolute Gasteiger partial charge is 0.485 e. The van der Waals surface area contributed by atoms with Crippen molar-refractivity contribution in [2.45, 2.75) is 32.3 Å². The van der Waals surface area contributed by atoms with E-state index >= 15 is 0 Å². The van der Waals surface area contributed by atoms with Gasteiger partial charge in [0.05, 0.1) is 10.2 Å². The minimum absolute atomic E-state index is 0.187. The summed E-state index contributed by atoms with van der Waals surface area (Å²) in [4.78, 5) is 19.5. The Kier molecular flexibility index (Phi) is 4.88. The third-order valence-electron chi connectivity index (χ3n) is 6.06. The molecule has 1 amide bonds. The van der Waals surface area contributed by atoms with Gasteiger partial charge in [0.25, 0.3) is 5.91 Å². The van der Waals surface area contributed by atoms with E-state index < -0.39 is 6.10 Å². The summed E-state index contributed by atoms with van der Waals surface area (Å²) in [6.07, 6.45) is 2.53. The summed E-state index contributed by atoms with van der Waals surface area (Å²) in [5.74, 6) is 1.74. The van der Waals surface area contributed by atoms with E-state index in [0.717, 1.165) is 45.1 Å². The van der Waals surface area contributed by atoms with Crippen molar-refractivity contribution in [3.8, 4) is 22.1 Å². The van der Waals surface area contributed by atoms with Gasteiger partial charge in [0.2, 0.25) is 6.10 Å². The minimum atomic E-state index is -0.689. The number of thiazole rings is 1. The maximum absolute atomic E-state index is 13.2. The van der Waals surface area contributed by atoms with Gasteiger partial charge in [0.15, 0.2) is 11.5 Å². The van der Waals surface area contributed by atoms with Gasteiger partial charge in [-0.2, -0.15) is 0 Å². The van der Waals surface area contributed by atoms with E-state index in [1.165, 1.54) is 10.4 Å². The second-order valence-corrected chi connectivity index (χ2v) is 10.5. The zero-order valence-corrected chi connectivity index (χ0v) is 19.2. The van der Waals surface area contributed by atoms with Crippen molar-refractivity contribution in [3.05, 3.63) is 59.0 Å². The summed E-state index contributed by atoms with van der Waals surface area (Å²) in [5, 5.41) is 5.01. The van der Waals surface area contributed by atoms with E-state index in [-0.39, 0.29) is 12.5 Å². The predicted octanol–water partition coefficient (Wildman–Crippen LogP) is 5.93. The van der Waals surface area contributed by atoms with E-state index in [1.807, 2.05) is 42.5 Å². The number of amides is 1. The topological polar surface area (TPSA) is 60.5 Å². The average molecular weight is 463 g/mol. The third kappa shape index (κ3) is 3.45. The number of benzene rings is 2. The molecule has 4 aromatic rings. The first-order chi connectivity index (χ1) is 15.7. The molecule has 3 heterocycles. The lowest BCUT2D eigenvalue weighted by molar-refractivity contribution is -0.125. The Labute approximate surface area is 194 Å². The van der Waals surface area contributed by atoms with Crippen LogP contribution in [0.2, 0.25) is 0 Å². The highest BCUT2D eigenvalue weighted by atomic mass is 32.1. The van der Waals surface area contributed by atoms with Crippen LogP contribution in [0.15, 0.2) is 48.5 Å². The van der Waals surface area contributed by atoms with Crippen LogP contribution in [0.1, 0.15) is 23.8 Å². The molecule has 2 aromatic heterocycles. The van der Waals surface area contributed by atoms with Crippen LogP contribution >= 0.6 is 22.7 Å². The van der Waals surface area contributed by atoms with Gasteiger partial charge in [0.1, 0.15) is 16.6 Å². The fourth-order valence-corrected chi connectivity index (χ4v) is 6.91. The second kappa shape index (κ2) is 7.90. The van der Waals surface area contributed by atoms with Gasteiger partial charge in [-0.15, -0.1) is 22.7 Å². The van der Waals surface area contributed by atoms with Gasteiger partial charge in [-0.25, -0.2) is 4.98 Å². The highest BCUT2D eigenvalue weighted by molar-refractivity contribution is 7.22. The van der Waals surface area contributed by atoms with Crippen molar-refractivity contribution < 1.29 is 14.3 Å². The van der Waals surface area contributed by atoms with Crippen molar-refractivity contribution in [1.82, 2.24) is 4.98 Å². The molecule has 2 aromatic carbocycles. The smallest absolute Gasteiger partial charge is 0.269 e. The number of nitrogens with one attached hydrogen (secondary N) is 1. The summed E-state index contributed by atoms with van der Waals surface area (Å²) in [6.45, 7) is 2.49. The third-order valence-corrected chi connectivity index (χ3v) is 8.28. The molecule has 0 fully saturated rings. The second-order valence-electron chi connectivity index (χ2n) is 8.40. The Balaban J connectivity index is 1.35. The number of hydrogen-bond acceptors (Lipinski definition) is 6. The SMILES string of the molecule is CC1CCc2c(sc(NC(=O)C3COc4ccccc4O3)c2-c2nc3ccccc3s2)C1. The Hall–Kier alpha value is -2.90. The van der Waals surface area contributed by atoms with Gasteiger partial charge < -0.3 is 14.8 Å². The number of nitrogens with zero attached hydrogens (tertiary/aromatic N) is 1. The lowest BCUT2D eigenvalue weighted by atomic mass is 9.88. The van der Waals surface area contributed by atoms with Crippen LogP contribution in [0.5, 0.6) is 11.5 Å². The number of rotatable bonds is 3. The summed E-state index contributed by atoms with van der Waals surface area (Å²) < 4.78 is 12.8. The van der Waals surface area contributed by atoms with Gasteiger partial charge in [-0.05, 0) is 55.0 Å². The molecule has 6 rings (SSSR count). The zero-order valence-electron chi connectivity index (χ0n) is 17.6. The molecule has 2 atom stereocenters. The number of anilines is 1. The molecule has 7 heteroatoms. The fraction of sp³-hybridized carbons (Fsp3) is 0.280. The highest BCUT2D eigenvalue weighted by Gasteiger charge is 2.31. The first kappa shape index (κ1) is 19.8. The number of fused-ring (bicyclic) bond motifs is 3. The molecule has 0 spiro atoms. The van der Waals surface area contributed by atoms with E-state index in [4.69, 9.17) is 14.5 Å². The maximum atomic E-state index is 13.2. The number of ether oxygens (including phenoxy) is 2. The van der Waals surface area contributed by atoms with Crippen LogP contribution in [-0.4, -0.2) is 23.6 Å². The van der Waals surface area contributed by atoms with E-state index in [1.54, 1.807) is 22.7 Å². The molecule has 0 saturated heterocycles. The number of carbonyl (C=O) groups excluding carboxylic acids is 1. The Morgan fingerprint density at radius 1 is 1.09 bits per heavy atom. The molecule has 5 nitrogen and oxygen atoms in total. The minimum Gasteiger partial charge on any atom is -0.485 e. The Morgan fingerprint density at radius 3 is 2.78 bits per heavy atom. The van der Waals surface area contributed by atoms with Crippen molar-refractivity contribution >= 4 is 43.8 Å². The summed E-state index contributed by atoms with van der Waals surface area (Å²) in [6, 6.07) is 15.6. The van der Waals surface area contributed by atoms with Gasteiger partial charge >= 0.3 is 0 Å². The zero-order chi connectivity index (χ0) is 21.7. The maximum Gasteiger partial charge on any atom is 0.269 e. The molecule has 1 N–H and O–H groups in total. The lowest BCUT2D eigenvalue weighted by Crippen LogP contribution is -2.40. The van der Waals surface area contributed by atoms with Gasteiger partial charge in [-0.3, -0.25) is 4.79 Å². The van der Waals surface area contributed by atoms with E-state index in [0.29, 0.717) is 17.4 Å². The number of thiophene rings is 1. The van der Waals surface area contributed by atoms with Crippen LogP contribution in [-0.2, 0) is 17.6 Å². The number of para-hydroxylation sites is 3. The number of aromatic nitrogens is 1. The van der Waals surface area contributed by atoms with E-state index in [9.17, 15) is 4.79 Å². The Morgan fingerprint density at radius 2 is 1.91 bits per heavy atom. The van der Waals surface area contributed by atoms with Crippen LogP contribution in [0.4, 0.5) is 5.00 Å². The van der Waals surface area contributed by atoms with Crippen LogP contribution < -0.4 is 14.8 Å². The van der Waals surface area contributed by atoms with Crippen LogP contribution in [0.3, 0.4) is 0 Å². The summed E-state index contributed by atoms with van der Waals surface area (Å²) >= 11 is 3.37. The highest BCUT2D eigenvalue weighted by Crippen LogP contribution is 2.47. The first-order valence-electron chi connectivity index (χ1n) is 10.9. The number of hydrogen-bond donors (Lipinski definition) is 1. The fourth-order valence-electron chi connectivity index (χ4n) is 4.39. The molecule has 0 radical (unpaired) electrons. The molecule has 0 saturated carbocycles. The normalized spacial score (nSPS) is 19.5. The molecule has 1 aliphatic heterocycles. The van der Waals surface area contributed by atoms with Crippen molar-refractivity contribution in [2.75, 3.05) is 11.9 Å². The monoisotopic (exact) mass is 462 g/mol. The summed E-state index contributed by atoms with van der Waals surface area (Å²) in [5.41, 5.74) is 3.42. The molecular weight excluding hydrogens is 440 g/mol. The molecule has 2 aliphatic rings. The first-order valence-corrected chi connectivity index (χ1v) is 12.5. The standard InChI is InChI=1S/C25H22N2O3S2/c1-14-10-11-15-21(12-14)32-25(22(15)24-26-16-6-2-5-9-20(16)31-24)27-23(28)19-13-29-17-7-3-4-8-18(17)30-19/h2-9,14,19H,10-13H2,1H3,(H,27,28). The lowest BCUT2D eigenvalue weighted by Gasteiger charge is -2.25.